The number of nitrogens with one attached hydrogen (secondary N) is 2. The van der Waals surface area contributed by atoms with Crippen LogP contribution in [0.1, 0.15) is 12.5 Å². The van der Waals surface area contributed by atoms with E-state index in [0.717, 1.165) is 0 Å². The zero-order valence-electron chi connectivity index (χ0n) is 8.03. The molecular weight excluding hydrogens is 182 g/mol. The third kappa shape index (κ3) is 2.01. The van der Waals surface area contributed by atoms with E-state index in [1.54, 1.807) is 7.05 Å². The molecule has 2 N–H and O–H groups in total. The lowest BCUT2D eigenvalue weighted by Crippen LogP contribution is -2.31. The van der Waals surface area contributed by atoms with Crippen molar-refractivity contribution in [3.05, 3.63) is 11.8 Å². The Morgan fingerprint density at radius 3 is 3.14 bits per heavy atom. The summed E-state index contributed by atoms with van der Waals surface area (Å²) in [5.41, 5.74) is 0.322. The highest BCUT2D eigenvalue weighted by Crippen LogP contribution is 2.09. The van der Waals surface area contributed by atoms with Crippen molar-refractivity contribution in [3.8, 4) is 6.07 Å². The highest BCUT2D eigenvalue weighted by Gasteiger charge is 2.10. The monoisotopic (exact) mass is 193 g/mol. The largest absolute Gasteiger partial charge is 0.328 e. The zero-order chi connectivity index (χ0) is 10.6. The Kier molecular flexibility index (Phi) is 3.07. The molecule has 0 aliphatic heterocycles. The number of hydrogen-bond acceptors (Lipinski definition) is 3. The summed E-state index contributed by atoms with van der Waals surface area (Å²) in [6.45, 7) is 2.46. The van der Waals surface area contributed by atoms with Gasteiger partial charge in [0.25, 0.3) is 0 Å². The second-order valence-electron chi connectivity index (χ2n) is 2.71. The first-order valence-corrected chi connectivity index (χ1v) is 4.14. The molecule has 74 valence electrons. The first-order valence-electron chi connectivity index (χ1n) is 4.14. The number of nitrogens with zero attached hydrogens (tertiary/aromatic N) is 3. The fraction of sp³-hybridized carbons (Fsp3) is 0.375. The molecule has 1 heterocycles. The molecule has 1 rings (SSSR count). The van der Waals surface area contributed by atoms with E-state index in [1.165, 1.54) is 11.1 Å². The van der Waals surface area contributed by atoms with Gasteiger partial charge < -0.3 is 4.90 Å². The number of urea groups is 1. The van der Waals surface area contributed by atoms with Crippen molar-refractivity contribution in [1.29, 1.82) is 5.26 Å². The van der Waals surface area contributed by atoms with Crippen LogP contribution in [0.4, 0.5) is 10.6 Å². The van der Waals surface area contributed by atoms with Crippen LogP contribution in [0.5, 0.6) is 0 Å². The van der Waals surface area contributed by atoms with Crippen LogP contribution in [-0.2, 0) is 0 Å². The van der Waals surface area contributed by atoms with Gasteiger partial charge in [0.05, 0.1) is 6.20 Å². The Hall–Kier alpha value is -2.03. The standard InChI is InChI=1S/C8H11N5O/c1-3-13(2)8(14)11-7-6(4-9)5-10-12-7/h5H,3H2,1-2H3,(H2,10,11,12,14). The first kappa shape index (κ1) is 10.1. The molecule has 0 radical (unpaired) electrons. The second kappa shape index (κ2) is 4.28. The maximum atomic E-state index is 11.4. The van der Waals surface area contributed by atoms with Gasteiger partial charge in [-0.1, -0.05) is 0 Å². The molecule has 0 saturated carbocycles. The molecule has 0 saturated heterocycles. The summed E-state index contributed by atoms with van der Waals surface area (Å²) >= 11 is 0. The molecule has 14 heavy (non-hydrogen) atoms. The first-order chi connectivity index (χ1) is 6.69. The third-order valence-electron chi connectivity index (χ3n) is 1.81. The SMILES string of the molecule is CCN(C)C(=O)Nc1[nH]ncc1C#N. The molecule has 0 aliphatic carbocycles. The van der Waals surface area contributed by atoms with Crippen LogP contribution in [0.15, 0.2) is 6.20 Å². The number of hydrogen-bond donors (Lipinski definition) is 2. The lowest BCUT2D eigenvalue weighted by molar-refractivity contribution is 0.224. The van der Waals surface area contributed by atoms with Gasteiger partial charge in [0.15, 0.2) is 0 Å². The van der Waals surface area contributed by atoms with E-state index < -0.39 is 0 Å². The van der Waals surface area contributed by atoms with Crippen molar-refractivity contribution in [1.82, 2.24) is 15.1 Å². The predicted octanol–water partition coefficient (Wildman–Crippen LogP) is 0.765. The van der Waals surface area contributed by atoms with Crippen molar-refractivity contribution >= 4 is 11.8 Å². The van der Waals surface area contributed by atoms with Gasteiger partial charge in [0.1, 0.15) is 17.5 Å². The Morgan fingerprint density at radius 2 is 2.57 bits per heavy atom. The highest BCUT2D eigenvalue weighted by atomic mass is 16.2. The number of carbonyl (C=O) groups excluding carboxylic acids is 1. The van der Waals surface area contributed by atoms with Crippen LogP contribution in [0.25, 0.3) is 0 Å². The van der Waals surface area contributed by atoms with E-state index in [-0.39, 0.29) is 6.03 Å². The van der Waals surface area contributed by atoms with Crippen molar-refractivity contribution in [3.63, 3.8) is 0 Å². The topological polar surface area (TPSA) is 84.8 Å². The number of anilines is 1. The summed E-state index contributed by atoms with van der Waals surface area (Å²) < 4.78 is 0. The average molecular weight is 193 g/mol. The fourth-order valence-electron chi connectivity index (χ4n) is 0.812. The number of aromatic amines is 1. The highest BCUT2D eigenvalue weighted by molar-refractivity contribution is 5.89. The van der Waals surface area contributed by atoms with E-state index in [4.69, 9.17) is 5.26 Å². The minimum absolute atomic E-state index is 0.270. The Balaban J connectivity index is 2.70. The number of carbonyl (C=O) groups is 1. The molecule has 0 unspecified atom stereocenters. The molecule has 0 atom stereocenters. The van der Waals surface area contributed by atoms with Crippen LogP contribution >= 0.6 is 0 Å². The smallest absolute Gasteiger partial charge is 0.322 e. The molecule has 6 heteroatoms. The fourth-order valence-corrected chi connectivity index (χ4v) is 0.812. The Morgan fingerprint density at radius 1 is 1.86 bits per heavy atom. The van der Waals surface area contributed by atoms with Crippen LogP contribution < -0.4 is 5.32 Å². The summed E-state index contributed by atoms with van der Waals surface area (Å²) in [7, 11) is 1.66. The number of aromatic nitrogens is 2. The molecule has 1 aromatic heterocycles. The molecule has 1 aromatic rings. The van der Waals surface area contributed by atoms with Gasteiger partial charge in [-0.25, -0.2) is 4.79 Å². The number of rotatable bonds is 2. The normalized spacial score (nSPS) is 9.21. The number of nitriles is 1. The molecule has 0 fully saturated rings. The zero-order valence-corrected chi connectivity index (χ0v) is 8.03. The van der Waals surface area contributed by atoms with E-state index >= 15 is 0 Å². The van der Waals surface area contributed by atoms with Crippen LogP contribution in [0.3, 0.4) is 0 Å². The summed E-state index contributed by atoms with van der Waals surface area (Å²) in [6, 6.07) is 1.64. The van der Waals surface area contributed by atoms with E-state index in [0.29, 0.717) is 17.9 Å². The van der Waals surface area contributed by atoms with Crippen LogP contribution in [0, 0.1) is 11.3 Å². The lowest BCUT2D eigenvalue weighted by atomic mass is 10.4. The van der Waals surface area contributed by atoms with Gasteiger partial charge in [-0.3, -0.25) is 10.4 Å². The summed E-state index contributed by atoms with van der Waals surface area (Å²) in [4.78, 5) is 12.9. The van der Waals surface area contributed by atoms with E-state index in [1.807, 2.05) is 13.0 Å². The molecule has 0 aliphatic rings. The maximum Gasteiger partial charge on any atom is 0.322 e. The van der Waals surface area contributed by atoms with Crippen LogP contribution in [0.2, 0.25) is 0 Å². The van der Waals surface area contributed by atoms with Gasteiger partial charge in [0.2, 0.25) is 0 Å². The van der Waals surface area contributed by atoms with Gasteiger partial charge >= 0.3 is 6.03 Å². The maximum absolute atomic E-state index is 11.4. The van der Waals surface area contributed by atoms with Gasteiger partial charge in [-0.15, -0.1) is 0 Å². The number of H-pyrrole nitrogens is 1. The molecule has 0 aromatic carbocycles. The van der Waals surface area contributed by atoms with Gasteiger partial charge in [-0.05, 0) is 6.92 Å². The second-order valence-corrected chi connectivity index (χ2v) is 2.71. The quantitative estimate of drug-likeness (QED) is 0.727. The van der Waals surface area contributed by atoms with Gasteiger partial charge in [0, 0.05) is 13.6 Å². The molecule has 0 spiro atoms. The minimum Gasteiger partial charge on any atom is -0.328 e. The van der Waals surface area contributed by atoms with Gasteiger partial charge in [-0.2, -0.15) is 10.4 Å². The third-order valence-corrected chi connectivity index (χ3v) is 1.81. The summed E-state index contributed by atoms with van der Waals surface area (Å²) in [5.74, 6) is 0.331. The molecule has 0 bridgehead atoms. The van der Waals surface area contributed by atoms with Crippen molar-refractivity contribution < 1.29 is 4.79 Å². The Bertz CT molecular complexity index is 364. The van der Waals surface area contributed by atoms with Crippen molar-refractivity contribution in [2.75, 3.05) is 18.9 Å². The number of amides is 2. The molecule has 2 amide bonds. The molecule has 6 nitrogen and oxygen atoms in total. The van der Waals surface area contributed by atoms with Crippen molar-refractivity contribution in [2.24, 2.45) is 0 Å². The average Bonchev–Trinajstić information content (AvgIpc) is 2.63. The summed E-state index contributed by atoms with van der Waals surface area (Å²) in [6.07, 6.45) is 1.36. The lowest BCUT2D eigenvalue weighted by Gasteiger charge is -2.14. The van der Waals surface area contributed by atoms with E-state index in [2.05, 4.69) is 15.5 Å². The molecular formula is C8H11N5O. The predicted molar refractivity (Wildman–Crippen MR) is 50.6 cm³/mol. The summed E-state index contributed by atoms with van der Waals surface area (Å²) in [5, 5.41) is 17.4. The van der Waals surface area contributed by atoms with Crippen LogP contribution in [-0.4, -0.2) is 34.7 Å². The Labute approximate surface area is 81.5 Å². The van der Waals surface area contributed by atoms with E-state index in [9.17, 15) is 4.79 Å². The minimum atomic E-state index is -0.270. The van der Waals surface area contributed by atoms with Crippen molar-refractivity contribution in [2.45, 2.75) is 6.92 Å².